The normalized spacial score (nSPS) is 10.2. The Hall–Kier alpha value is -2.27. The molecular weight excluding hydrogens is 266 g/mol. The molecule has 5 nitrogen and oxygen atoms in total. The Balaban J connectivity index is 2.15. The van der Waals surface area contributed by atoms with Crippen LogP contribution in [-0.2, 0) is 6.61 Å². The number of nitrogens with two attached hydrogens (primary N) is 2. The zero-order valence-electron chi connectivity index (χ0n) is 9.97. The van der Waals surface area contributed by atoms with Crippen molar-refractivity contribution < 1.29 is 9.53 Å². The maximum atomic E-state index is 11.0. The maximum absolute atomic E-state index is 11.0. The molecule has 0 spiro atoms. The molecule has 4 N–H and O–H groups in total. The molecule has 1 amide bonds. The van der Waals surface area contributed by atoms with Gasteiger partial charge in [0.05, 0.1) is 5.69 Å². The summed E-state index contributed by atoms with van der Waals surface area (Å²) >= 11 is 5.87. The average molecular weight is 278 g/mol. The first-order chi connectivity index (χ1) is 9.06. The number of anilines is 1. The van der Waals surface area contributed by atoms with Crippen LogP contribution in [0.15, 0.2) is 36.4 Å². The van der Waals surface area contributed by atoms with Crippen LogP contribution in [0.3, 0.4) is 0 Å². The molecule has 0 aliphatic carbocycles. The van der Waals surface area contributed by atoms with Gasteiger partial charge in [-0.2, -0.15) is 0 Å². The summed E-state index contributed by atoms with van der Waals surface area (Å²) in [6.07, 6.45) is 0. The Morgan fingerprint density at radius 3 is 2.79 bits per heavy atom. The van der Waals surface area contributed by atoms with E-state index in [0.717, 1.165) is 5.56 Å². The molecule has 0 radical (unpaired) electrons. The molecule has 98 valence electrons. The van der Waals surface area contributed by atoms with Crippen LogP contribution in [0.25, 0.3) is 0 Å². The quantitative estimate of drug-likeness (QED) is 0.894. The summed E-state index contributed by atoms with van der Waals surface area (Å²) in [5.74, 6) is -0.455. The summed E-state index contributed by atoms with van der Waals surface area (Å²) < 4.78 is 5.47. The van der Waals surface area contributed by atoms with Gasteiger partial charge in [-0.1, -0.05) is 23.7 Å². The molecule has 0 saturated heterocycles. The van der Waals surface area contributed by atoms with Gasteiger partial charge < -0.3 is 16.2 Å². The van der Waals surface area contributed by atoms with Crippen LogP contribution in [0.4, 0.5) is 5.69 Å². The molecule has 0 aliphatic heterocycles. The number of benzene rings is 1. The van der Waals surface area contributed by atoms with Crippen molar-refractivity contribution in [1.82, 2.24) is 4.98 Å². The second-order valence-corrected chi connectivity index (χ2v) is 4.31. The van der Waals surface area contributed by atoms with Gasteiger partial charge in [-0.25, -0.2) is 4.98 Å². The number of halogens is 1. The van der Waals surface area contributed by atoms with Crippen LogP contribution >= 0.6 is 11.6 Å². The molecule has 6 heteroatoms. The van der Waals surface area contributed by atoms with E-state index in [1.165, 1.54) is 12.1 Å². The Morgan fingerprint density at radius 1 is 1.32 bits per heavy atom. The molecule has 0 saturated carbocycles. The third-order valence-corrected chi connectivity index (χ3v) is 2.64. The fourth-order valence-corrected chi connectivity index (χ4v) is 1.70. The minimum Gasteiger partial charge on any atom is -0.471 e. The highest BCUT2D eigenvalue weighted by atomic mass is 35.5. The minimum atomic E-state index is -0.632. The first kappa shape index (κ1) is 13.2. The molecule has 1 heterocycles. The second-order valence-electron chi connectivity index (χ2n) is 3.87. The molecule has 1 aromatic carbocycles. The third-order valence-electron chi connectivity index (χ3n) is 2.41. The largest absolute Gasteiger partial charge is 0.471 e. The number of hydrogen-bond acceptors (Lipinski definition) is 4. The number of aromatic nitrogens is 1. The molecule has 0 unspecified atom stereocenters. The average Bonchev–Trinajstić information content (AvgIpc) is 2.37. The smallest absolute Gasteiger partial charge is 0.267 e. The number of carbonyl (C=O) groups excluding carboxylic acids is 1. The first-order valence-electron chi connectivity index (χ1n) is 5.50. The number of hydrogen-bond donors (Lipinski definition) is 2. The Kier molecular flexibility index (Phi) is 3.87. The number of nitrogen functional groups attached to an aromatic ring is 1. The van der Waals surface area contributed by atoms with Crippen molar-refractivity contribution in [1.29, 1.82) is 0 Å². The van der Waals surface area contributed by atoms with Gasteiger partial charge in [0, 0.05) is 5.02 Å². The Bertz CT molecular complexity index is 617. The number of ether oxygens (including phenoxy) is 1. The molecule has 1 aromatic heterocycles. The van der Waals surface area contributed by atoms with E-state index in [4.69, 9.17) is 27.8 Å². The van der Waals surface area contributed by atoms with E-state index in [-0.39, 0.29) is 18.2 Å². The summed E-state index contributed by atoms with van der Waals surface area (Å²) in [6.45, 7) is 0.250. The molecule has 19 heavy (non-hydrogen) atoms. The van der Waals surface area contributed by atoms with Crippen LogP contribution in [-0.4, -0.2) is 10.9 Å². The predicted octanol–water partition coefficient (Wildman–Crippen LogP) is 2.00. The van der Waals surface area contributed by atoms with Gasteiger partial charge in [0.15, 0.2) is 0 Å². The lowest BCUT2D eigenvalue weighted by Gasteiger charge is -2.08. The van der Waals surface area contributed by atoms with Crippen molar-refractivity contribution in [2.75, 3.05) is 5.73 Å². The fraction of sp³-hybridized carbons (Fsp3) is 0.0769. The fourth-order valence-electron chi connectivity index (χ4n) is 1.48. The molecule has 0 fully saturated rings. The van der Waals surface area contributed by atoms with Crippen molar-refractivity contribution >= 4 is 23.2 Å². The van der Waals surface area contributed by atoms with Crippen LogP contribution in [0, 0.1) is 0 Å². The van der Waals surface area contributed by atoms with Gasteiger partial charge in [0.1, 0.15) is 12.3 Å². The van der Waals surface area contributed by atoms with Gasteiger partial charge in [-0.15, -0.1) is 0 Å². The topological polar surface area (TPSA) is 91.2 Å². The van der Waals surface area contributed by atoms with Crippen molar-refractivity contribution in [2.45, 2.75) is 6.61 Å². The van der Waals surface area contributed by atoms with E-state index in [0.29, 0.717) is 10.7 Å². The zero-order chi connectivity index (χ0) is 13.8. The molecule has 0 bridgehead atoms. The van der Waals surface area contributed by atoms with Crippen molar-refractivity contribution in [2.24, 2.45) is 5.73 Å². The van der Waals surface area contributed by atoms with Gasteiger partial charge in [0.2, 0.25) is 5.88 Å². The summed E-state index contributed by atoms with van der Waals surface area (Å²) in [5.41, 5.74) is 12.2. The monoisotopic (exact) mass is 277 g/mol. The van der Waals surface area contributed by atoms with E-state index >= 15 is 0 Å². The summed E-state index contributed by atoms with van der Waals surface area (Å²) in [6, 6.07) is 10.2. The summed E-state index contributed by atoms with van der Waals surface area (Å²) in [7, 11) is 0. The molecule has 0 aliphatic rings. The maximum Gasteiger partial charge on any atom is 0.267 e. The van der Waals surface area contributed by atoms with Gasteiger partial charge in [0.25, 0.3) is 5.91 Å². The highest BCUT2D eigenvalue weighted by molar-refractivity contribution is 6.30. The third kappa shape index (κ3) is 3.35. The van der Waals surface area contributed by atoms with Crippen molar-refractivity contribution in [3.63, 3.8) is 0 Å². The van der Waals surface area contributed by atoms with E-state index in [1.54, 1.807) is 12.1 Å². The van der Waals surface area contributed by atoms with E-state index in [2.05, 4.69) is 4.98 Å². The van der Waals surface area contributed by atoms with Crippen molar-refractivity contribution in [3.8, 4) is 5.88 Å². The molecular formula is C13H12ClN3O2. The number of pyridine rings is 1. The number of nitrogens with zero attached hydrogens (tertiary/aromatic N) is 1. The molecule has 2 rings (SSSR count). The lowest BCUT2D eigenvalue weighted by atomic mass is 10.2. The number of carbonyl (C=O) groups is 1. The SMILES string of the molecule is NC(=O)c1ccc(N)c(OCc2cccc(Cl)c2)n1. The Morgan fingerprint density at radius 2 is 2.11 bits per heavy atom. The number of amides is 1. The summed E-state index contributed by atoms with van der Waals surface area (Å²) in [4.78, 5) is 15.0. The molecule has 0 atom stereocenters. The van der Waals surface area contributed by atoms with E-state index < -0.39 is 5.91 Å². The summed E-state index contributed by atoms with van der Waals surface area (Å²) in [5, 5.41) is 0.618. The Labute approximate surface area is 115 Å². The lowest BCUT2D eigenvalue weighted by molar-refractivity contribution is 0.0994. The predicted molar refractivity (Wildman–Crippen MR) is 73.0 cm³/mol. The highest BCUT2D eigenvalue weighted by Crippen LogP contribution is 2.20. The highest BCUT2D eigenvalue weighted by Gasteiger charge is 2.08. The van der Waals surface area contributed by atoms with Gasteiger partial charge in [-0.3, -0.25) is 4.79 Å². The lowest BCUT2D eigenvalue weighted by Crippen LogP contribution is -2.14. The standard InChI is InChI=1S/C13H12ClN3O2/c14-9-3-1-2-8(6-9)7-19-13-10(15)4-5-11(17-13)12(16)18/h1-6H,7,15H2,(H2,16,18). The second kappa shape index (κ2) is 5.58. The van der Waals surface area contributed by atoms with E-state index in [9.17, 15) is 4.79 Å². The van der Waals surface area contributed by atoms with Crippen LogP contribution in [0.5, 0.6) is 5.88 Å². The van der Waals surface area contributed by atoms with Gasteiger partial charge >= 0.3 is 0 Å². The van der Waals surface area contributed by atoms with Crippen LogP contribution in [0.1, 0.15) is 16.1 Å². The van der Waals surface area contributed by atoms with Crippen LogP contribution in [0.2, 0.25) is 5.02 Å². The van der Waals surface area contributed by atoms with E-state index in [1.807, 2.05) is 12.1 Å². The number of rotatable bonds is 4. The van der Waals surface area contributed by atoms with Gasteiger partial charge in [-0.05, 0) is 29.8 Å². The minimum absolute atomic E-state index is 0.107. The zero-order valence-corrected chi connectivity index (χ0v) is 10.7. The first-order valence-corrected chi connectivity index (χ1v) is 5.87. The van der Waals surface area contributed by atoms with Crippen molar-refractivity contribution in [3.05, 3.63) is 52.7 Å². The number of primary amides is 1. The van der Waals surface area contributed by atoms with Crippen LogP contribution < -0.4 is 16.2 Å². The molecule has 2 aromatic rings.